The average molecular weight is 394 g/mol. The number of benzene rings is 1. The maximum atomic E-state index is 12.9. The van der Waals surface area contributed by atoms with Crippen LogP contribution in [0.15, 0.2) is 48.8 Å². The third-order valence-corrected chi connectivity index (χ3v) is 5.92. The Morgan fingerprint density at radius 2 is 1.34 bits per heavy atom. The standard InChI is InChI=1S/C22H26N4O3/c27-21(26-15-13-25(14-16-26)20-5-9-23-10-6-20)17-1-3-19(4-2-17)24-11-7-18(8-12-24)22(28)29/h1-6,9-10,18H,7-8,11-16H2,(H,28,29). The van der Waals surface area contributed by atoms with E-state index in [0.717, 1.165) is 37.6 Å². The summed E-state index contributed by atoms with van der Waals surface area (Å²) in [5.41, 5.74) is 2.89. The van der Waals surface area contributed by atoms with E-state index in [1.165, 1.54) is 0 Å². The Hall–Kier alpha value is -3.09. The van der Waals surface area contributed by atoms with Gasteiger partial charge >= 0.3 is 5.97 Å². The number of carbonyl (C=O) groups excluding carboxylic acids is 1. The molecule has 2 aromatic rings. The van der Waals surface area contributed by atoms with Crippen molar-refractivity contribution in [2.24, 2.45) is 5.92 Å². The lowest BCUT2D eigenvalue weighted by Crippen LogP contribution is -2.48. The van der Waals surface area contributed by atoms with E-state index in [2.05, 4.69) is 14.8 Å². The van der Waals surface area contributed by atoms with Crippen LogP contribution < -0.4 is 9.80 Å². The number of piperazine rings is 1. The molecule has 1 N–H and O–H groups in total. The topological polar surface area (TPSA) is 77.0 Å². The molecule has 0 spiro atoms. The molecule has 1 amide bonds. The fourth-order valence-corrected chi connectivity index (χ4v) is 4.10. The van der Waals surface area contributed by atoms with Crippen molar-refractivity contribution in [1.29, 1.82) is 0 Å². The largest absolute Gasteiger partial charge is 0.481 e. The first-order chi connectivity index (χ1) is 14.1. The number of carboxylic acids is 1. The Morgan fingerprint density at radius 3 is 1.93 bits per heavy atom. The summed E-state index contributed by atoms with van der Waals surface area (Å²) in [6.07, 6.45) is 4.91. The Labute approximate surface area is 170 Å². The van der Waals surface area contributed by atoms with Crippen LogP contribution in [-0.2, 0) is 4.79 Å². The summed E-state index contributed by atoms with van der Waals surface area (Å²) in [4.78, 5) is 34.4. The van der Waals surface area contributed by atoms with Crippen LogP contribution in [0.5, 0.6) is 0 Å². The zero-order valence-electron chi connectivity index (χ0n) is 16.4. The number of aromatic nitrogens is 1. The second-order valence-corrected chi connectivity index (χ2v) is 7.63. The molecule has 7 heteroatoms. The van der Waals surface area contributed by atoms with E-state index in [1.807, 2.05) is 41.3 Å². The molecule has 0 unspecified atom stereocenters. The maximum absolute atomic E-state index is 12.9. The molecule has 0 atom stereocenters. The number of amides is 1. The van der Waals surface area contributed by atoms with Gasteiger partial charge in [0.25, 0.3) is 5.91 Å². The summed E-state index contributed by atoms with van der Waals surface area (Å²) < 4.78 is 0. The number of aliphatic carboxylic acids is 1. The van der Waals surface area contributed by atoms with Crippen LogP contribution in [0, 0.1) is 5.92 Å². The zero-order valence-corrected chi connectivity index (χ0v) is 16.4. The summed E-state index contributed by atoms with van der Waals surface area (Å²) in [6, 6.07) is 11.7. The van der Waals surface area contributed by atoms with Crippen molar-refractivity contribution < 1.29 is 14.7 Å². The lowest BCUT2D eigenvalue weighted by atomic mass is 9.96. The van der Waals surface area contributed by atoms with Crippen molar-refractivity contribution in [2.45, 2.75) is 12.8 Å². The molecule has 4 rings (SSSR count). The predicted octanol–water partition coefficient (Wildman–Crippen LogP) is 2.35. The molecule has 2 fully saturated rings. The van der Waals surface area contributed by atoms with Crippen molar-refractivity contribution >= 4 is 23.3 Å². The van der Waals surface area contributed by atoms with Gasteiger partial charge in [-0.05, 0) is 49.2 Å². The minimum absolute atomic E-state index is 0.0653. The highest BCUT2D eigenvalue weighted by Gasteiger charge is 2.25. The summed E-state index contributed by atoms with van der Waals surface area (Å²) in [7, 11) is 0. The molecule has 29 heavy (non-hydrogen) atoms. The Morgan fingerprint density at radius 1 is 0.793 bits per heavy atom. The third-order valence-electron chi connectivity index (χ3n) is 5.92. The average Bonchev–Trinajstić information content (AvgIpc) is 2.79. The van der Waals surface area contributed by atoms with Crippen molar-refractivity contribution in [3.63, 3.8) is 0 Å². The predicted molar refractivity (Wildman–Crippen MR) is 111 cm³/mol. The van der Waals surface area contributed by atoms with Gasteiger partial charge in [-0.15, -0.1) is 0 Å². The molecule has 1 aromatic carbocycles. The zero-order chi connectivity index (χ0) is 20.2. The number of carbonyl (C=O) groups is 2. The number of piperidine rings is 1. The van der Waals surface area contributed by atoms with Gasteiger partial charge in [0.05, 0.1) is 5.92 Å². The summed E-state index contributed by atoms with van der Waals surface area (Å²) in [5.74, 6) is -0.872. The second kappa shape index (κ2) is 8.51. The van der Waals surface area contributed by atoms with Crippen LogP contribution >= 0.6 is 0 Å². The summed E-state index contributed by atoms with van der Waals surface area (Å²) in [5, 5.41) is 9.13. The Kier molecular flexibility index (Phi) is 5.64. The quantitative estimate of drug-likeness (QED) is 0.858. The SMILES string of the molecule is O=C(O)C1CCN(c2ccc(C(=O)N3CCN(c4ccncc4)CC3)cc2)CC1. The van der Waals surface area contributed by atoms with Crippen LogP contribution in [-0.4, -0.2) is 66.1 Å². The van der Waals surface area contributed by atoms with E-state index in [-0.39, 0.29) is 11.8 Å². The third kappa shape index (κ3) is 4.34. The number of carboxylic acid groups (broad SMARTS) is 1. The molecule has 0 bridgehead atoms. The van der Waals surface area contributed by atoms with E-state index in [0.29, 0.717) is 31.5 Å². The first-order valence-electron chi connectivity index (χ1n) is 10.1. The van der Waals surface area contributed by atoms with Crippen molar-refractivity contribution in [3.05, 3.63) is 54.4 Å². The van der Waals surface area contributed by atoms with Gasteiger partial charge in [0.15, 0.2) is 0 Å². The van der Waals surface area contributed by atoms with Gasteiger partial charge in [-0.3, -0.25) is 14.6 Å². The lowest BCUT2D eigenvalue weighted by Gasteiger charge is -2.36. The highest BCUT2D eigenvalue weighted by atomic mass is 16.4. The molecule has 2 saturated heterocycles. The molecule has 0 saturated carbocycles. The van der Waals surface area contributed by atoms with Crippen LogP contribution in [0.25, 0.3) is 0 Å². The van der Waals surface area contributed by atoms with E-state index < -0.39 is 5.97 Å². The first-order valence-corrected chi connectivity index (χ1v) is 10.1. The highest BCUT2D eigenvalue weighted by molar-refractivity contribution is 5.94. The first kappa shape index (κ1) is 19.2. The molecule has 7 nitrogen and oxygen atoms in total. The van der Waals surface area contributed by atoms with Crippen LogP contribution in [0.1, 0.15) is 23.2 Å². The fourth-order valence-electron chi connectivity index (χ4n) is 4.10. The second-order valence-electron chi connectivity index (χ2n) is 7.63. The van der Waals surface area contributed by atoms with Crippen molar-refractivity contribution in [2.75, 3.05) is 49.1 Å². The number of pyridine rings is 1. The van der Waals surface area contributed by atoms with Crippen LogP contribution in [0.4, 0.5) is 11.4 Å². The van der Waals surface area contributed by atoms with Gasteiger partial charge in [0, 0.05) is 68.6 Å². The summed E-state index contributed by atoms with van der Waals surface area (Å²) >= 11 is 0. The van der Waals surface area contributed by atoms with Crippen molar-refractivity contribution in [3.8, 4) is 0 Å². The number of nitrogens with zero attached hydrogens (tertiary/aromatic N) is 4. The number of hydrogen-bond acceptors (Lipinski definition) is 5. The normalized spacial score (nSPS) is 18.0. The highest BCUT2D eigenvalue weighted by Crippen LogP contribution is 2.24. The van der Waals surface area contributed by atoms with Gasteiger partial charge in [-0.1, -0.05) is 0 Å². The van der Waals surface area contributed by atoms with E-state index in [1.54, 1.807) is 12.4 Å². The summed E-state index contributed by atoms with van der Waals surface area (Å²) in [6.45, 7) is 4.50. The maximum Gasteiger partial charge on any atom is 0.306 e. The van der Waals surface area contributed by atoms with E-state index in [4.69, 9.17) is 5.11 Å². The van der Waals surface area contributed by atoms with E-state index in [9.17, 15) is 9.59 Å². The molecule has 0 radical (unpaired) electrons. The lowest BCUT2D eigenvalue weighted by molar-refractivity contribution is -0.142. The number of anilines is 2. The van der Waals surface area contributed by atoms with Crippen molar-refractivity contribution in [1.82, 2.24) is 9.88 Å². The molecule has 1 aromatic heterocycles. The van der Waals surface area contributed by atoms with Gasteiger partial charge in [-0.25, -0.2) is 0 Å². The Balaban J connectivity index is 1.32. The molecule has 3 heterocycles. The van der Waals surface area contributed by atoms with Gasteiger partial charge < -0.3 is 19.8 Å². The number of hydrogen-bond donors (Lipinski definition) is 1. The molecule has 152 valence electrons. The van der Waals surface area contributed by atoms with Crippen LogP contribution in [0.3, 0.4) is 0 Å². The van der Waals surface area contributed by atoms with Gasteiger partial charge in [0.1, 0.15) is 0 Å². The van der Waals surface area contributed by atoms with Gasteiger partial charge in [0.2, 0.25) is 0 Å². The molecular formula is C22H26N4O3. The monoisotopic (exact) mass is 394 g/mol. The Bertz CT molecular complexity index is 840. The van der Waals surface area contributed by atoms with E-state index >= 15 is 0 Å². The molecular weight excluding hydrogens is 368 g/mol. The molecule has 2 aliphatic heterocycles. The minimum Gasteiger partial charge on any atom is -0.481 e. The number of rotatable bonds is 4. The van der Waals surface area contributed by atoms with Gasteiger partial charge in [-0.2, -0.15) is 0 Å². The minimum atomic E-state index is -0.699. The van der Waals surface area contributed by atoms with Crippen LogP contribution in [0.2, 0.25) is 0 Å². The molecule has 0 aliphatic carbocycles. The fraction of sp³-hybridized carbons (Fsp3) is 0.409. The molecule has 2 aliphatic rings. The smallest absolute Gasteiger partial charge is 0.306 e.